The van der Waals surface area contributed by atoms with Crippen LogP contribution in [-0.4, -0.2) is 29.1 Å². The SMILES string of the molecule is CC1c2ccccc2CCN1C(=O)NCCc1cccc(O)c1. The quantitative estimate of drug-likeness (QED) is 0.914. The van der Waals surface area contributed by atoms with Crippen molar-refractivity contribution in [2.24, 2.45) is 0 Å². The molecule has 0 saturated carbocycles. The van der Waals surface area contributed by atoms with E-state index in [1.165, 1.54) is 11.1 Å². The molecule has 120 valence electrons. The molecule has 1 unspecified atom stereocenters. The van der Waals surface area contributed by atoms with Gasteiger partial charge in [0, 0.05) is 13.1 Å². The van der Waals surface area contributed by atoms with Crippen molar-refractivity contribution in [2.45, 2.75) is 25.8 Å². The minimum absolute atomic E-state index is 0.0212. The number of phenols is 1. The molecule has 0 aromatic heterocycles. The Balaban J connectivity index is 1.57. The normalized spacial score (nSPS) is 16.7. The molecule has 23 heavy (non-hydrogen) atoms. The smallest absolute Gasteiger partial charge is 0.317 e. The van der Waals surface area contributed by atoms with Gasteiger partial charge in [0.1, 0.15) is 5.75 Å². The van der Waals surface area contributed by atoms with Gasteiger partial charge >= 0.3 is 6.03 Å². The molecule has 0 aliphatic carbocycles. The number of carbonyl (C=O) groups excluding carboxylic acids is 1. The van der Waals surface area contributed by atoms with E-state index < -0.39 is 0 Å². The van der Waals surface area contributed by atoms with Crippen molar-refractivity contribution < 1.29 is 9.90 Å². The highest BCUT2D eigenvalue weighted by Crippen LogP contribution is 2.28. The van der Waals surface area contributed by atoms with Crippen LogP contribution < -0.4 is 5.32 Å². The van der Waals surface area contributed by atoms with E-state index in [-0.39, 0.29) is 17.8 Å². The largest absolute Gasteiger partial charge is 0.508 e. The zero-order valence-corrected chi connectivity index (χ0v) is 13.3. The van der Waals surface area contributed by atoms with Gasteiger partial charge in [0.15, 0.2) is 0 Å². The summed E-state index contributed by atoms with van der Waals surface area (Å²) in [5, 5.41) is 12.4. The Hall–Kier alpha value is -2.49. The Morgan fingerprint density at radius 1 is 1.26 bits per heavy atom. The minimum atomic E-state index is -0.0212. The Bertz CT molecular complexity index is 699. The molecule has 2 amide bonds. The average Bonchev–Trinajstić information content (AvgIpc) is 2.55. The van der Waals surface area contributed by atoms with Crippen molar-refractivity contribution in [3.8, 4) is 5.75 Å². The summed E-state index contributed by atoms with van der Waals surface area (Å²) < 4.78 is 0. The van der Waals surface area contributed by atoms with Gasteiger partial charge in [-0.05, 0) is 48.6 Å². The van der Waals surface area contributed by atoms with E-state index in [0.717, 1.165) is 18.5 Å². The summed E-state index contributed by atoms with van der Waals surface area (Å²) in [4.78, 5) is 14.3. The maximum Gasteiger partial charge on any atom is 0.317 e. The second-order valence-electron chi connectivity index (χ2n) is 5.97. The molecule has 1 heterocycles. The number of urea groups is 1. The maximum absolute atomic E-state index is 12.4. The zero-order chi connectivity index (χ0) is 16.2. The third kappa shape index (κ3) is 3.47. The van der Waals surface area contributed by atoms with E-state index in [1.54, 1.807) is 12.1 Å². The first-order chi connectivity index (χ1) is 11.1. The van der Waals surface area contributed by atoms with Crippen LogP contribution in [0, 0.1) is 0 Å². The molecule has 0 spiro atoms. The summed E-state index contributed by atoms with van der Waals surface area (Å²) in [6.45, 7) is 3.39. The number of phenolic OH excluding ortho intramolecular Hbond substituents is 1. The highest BCUT2D eigenvalue weighted by atomic mass is 16.3. The Morgan fingerprint density at radius 3 is 2.91 bits per heavy atom. The highest BCUT2D eigenvalue weighted by molar-refractivity contribution is 5.75. The van der Waals surface area contributed by atoms with E-state index >= 15 is 0 Å². The average molecular weight is 310 g/mol. The molecule has 1 atom stereocenters. The van der Waals surface area contributed by atoms with E-state index in [4.69, 9.17) is 0 Å². The fourth-order valence-electron chi connectivity index (χ4n) is 3.18. The van der Waals surface area contributed by atoms with Gasteiger partial charge in [-0.1, -0.05) is 36.4 Å². The van der Waals surface area contributed by atoms with Crippen molar-refractivity contribution in [1.29, 1.82) is 0 Å². The van der Waals surface area contributed by atoms with Crippen molar-refractivity contribution >= 4 is 6.03 Å². The molecule has 4 nitrogen and oxygen atoms in total. The first-order valence-electron chi connectivity index (χ1n) is 8.05. The van der Waals surface area contributed by atoms with Crippen molar-refractivity contribution in [3.05, 3.63) is 65.2 Å². The number of hydrogen-bond donors (Lipinski definition) is 2. The molecule has 2 aromatic carbocycles. The molecule has 0 fully saturated rings. The number of amides is 2. The lowest BCUT2D eigenvalue weighted by Crippen LogP contribution is -2.45. The number of carbonyl (C=O) groups is 1. The predicted molar refractivity (Wildman–Crippen MR) is 90.5 cm³/mol. The van der Waals surface area contributed by atoms with Crippen LogP contribution in [0.4, 0.5) is 4.79 Å². The van der Waals surface area contributed by atoms with Crippen LogP contribution in [0.25, 0.3) is 0 Å². The summed E-state index contributed by atoms with van der Waals surface area (Å²) in [6.07, 6.45) is 1.61. The van der Waals surface area contributed by atoms with Gasteiger partial charge in [-0.15, -0.1) is 0 Å². The van der Waals surface area contributed by atoms with Crippen molar-refractivity contribution in [3.63, 3.8) is 0 Å². The predicted octanol–water partition coefficient (Wildman–Crippen LogP) is 3.26. The molecular weight excluding hydrogens is 288 g/mol. The zero-order valence-electron chi connectivity index (χ0n) is 13.3. The summed E-state index contributed by atoms with van der Waals surface area (Å²) in [5.74, 6) is 0.259. The molecule has 2 N–H and O–H groups in total. The van der Waals surface area contributed by atoms with Gasteiger partial charge in [-0.25, -0.2) is 4.79 Å². The van der Waals surface area contributed by atoms with Gasteiger partial charge < -0.3 is 15.3 Å². The third-order valence-corrected chi connectivity index (χ3v) is 4.46. The van der Waals surface area contributed by atoms with Crippen LogP contribution >= 0.6 is 0 Å². The maximum atomic E-state index is 12.4. The number of hydrogen-bond acceptors (Lipinski definition) is 2. The molecule has 1 aliphatic heterocycles. The summed E-state index contributed by atoms with van der Waals surface area (Å²) in [6, 6.07) is 15.5. The lowest BCUT2D eigenvalue weighted by molar-refractivity contribution is 0.175. The molecule has 2 aromatic rings. The van der Waals surface area contributed by atoms with Gasteiger partial charge in [0.2, 0.25) is 0 Å². The molecular formula is C19H22N2O2. The number of fused-ring (bicyclic) bond motifs is 1. The van der Waals surface area contributed by atoms with Crippen molar-refractivity contribution in [1.82, 2.24) is 10.2 Å². The molecule has 1 aliphatic rings. The van der Waals surface area contributed by atoms with Gasteiger partial charge in [-0.3, -0.25) is 0 Å². The Morgan fingerprint density at radius 2 is 2.09 bits per heavy atom. The molecule has 3 rings (SSSR count). The van der Waals surface area contributed by atoms with Crippen LogP contribution in [0.1, 0.15) is 29.7 Å². The van der Waals surface area contributed by atoms with E-state index in [2.05, 4.69) is 30.4 Å². The standard InChI is InChI=1S/C19H22N2O2/c1-14-18-8-3-2-6-16(18)10-12-21(14)19(23)20-11-9-15-5-4-7-17(22)13-15/h2-8,13-14,22H,9-12H2,1H3,(H,20,23). The fourth-order valence-corrected chi connectivity index (χ4v) is 3.18. The summed E-state index contributed by atoms with van der Waals surface area (Å²) in [5.41, 5.74) is 3.59. The lowest BCUT2D eigenvalue weighted by atomic mass is 9.94. The molecule has 0 radical (unpaired) electrons. The molecule has 0 saturated heterocycles. The minimum Gasteiger partial charge on any atom is -0.508 e. The fraction of sp³-hybridized carbons (Fsp3) is 0.316. The van der Waals surface area contributed by atoms with Gasteiger partial charge in [0.25, 0.3) is 0 Å². The Labute approximate surface area is 136 Å². The first kappa shape index (κ1) is 15.4. The summed E-state index contributed by atoms with van der Waals surface area (Å²) >= 11 is 0. The molecule has 4 heteroatoms. The number of rotatable bonds is 3. The number of nitrogens with zero attached hydrogens (tertiary/aromatic N) is 1. The van der Waals surface area contributed by atoms with Crippen LogP contribution in [0.2, 0.25) is 0 Å². The lowest BCUT2D eigenvalue weighted by Gasteiger charge is -2.35. The third-order valence-electron chi connectivity index (χ3n) is 4.46. The van der Waals surface area contributed by atoms with Crippen molar-refractivity contribution in [2.75, 3.05) is 13.1 Å². The highest BCUT2D eigenvalue weighted by Gasteiger charge is 2.26. The van der Waals surface area contributed by atoms with Crippen LogP contribution in [-0.2, 0) is 12.8 Å². The van der Waals surface area contributed by atoms with Crippen LogP contribution in [0.15, 0.2) is 48.5 Å². The van der Waals surface area contributed by atoms with Gasteiger partial charge in [0.05, 0.1) is 6.04 Å². The Kier molecular flexibility index (Phi) is 4.51. The van der Waals surface area contributed by atoms with E-state index in [0.29, 0.717) is 13.0 Å². The van der Waals surface area contributed by atoms with E-state index in [9.17, 15) is 9.90 Å². The number of aromatic hydroxyl groups is 1. The van der Waals surface area contributed by atoms with Crippen LogP contribution in [0.5, 0.6) is 5.75 Å². The number of benzene rings is 2. The summed E-state index contributed by atoms with van der Waals surface area (Å²) in [7, 11) is 0. The molecule has 0 bridgehead atoms. The van der Waals surface area contributed by atoms with E-state index in [1.807, 2.05) is 23.1 Å². The second kappa shape index (κ2) is 6.73. The first-order valence-corrected chi connectivity index (χ1v) is 8.05. The topological polar surface area (TPSA) is 52.6 Å². The monoisotopic (exact) mass is 310 g/mol. The second-order valence-corrected chi connectivity index (χ2v) is 5.97. The van der Waals surface area contributed by atoms with Crippen LogP contribution in [0.3, 0.4) is 0 Å². The van der Waals surface area contributed by atoms with Gasteiger partial charge in [-0.2, -0.15) is 0 Å². The number of nitrogens with one attached hydrogen (secondary N) is 1.